The molecule has 0 fully saturated rings. The number of hydrogen-bond donors (Lipinski definition) is 2. The van der Waals surface area contributed by atoms with Crippen molar-refractivity contribution < 1.29 is 33.1 Å². The van der Waals surface area contributed by atoms with Crippen molar-refractivity contribution in [2.45, 2.75) is 367 Å². The Morgan fingerprint density at radius 1 is 0.333 bits per heavy atom. The second-order valence-corrected chi connectivity index (χ2v) is 23.0. The smallest absolute Gasteiger partial charge is 0.457 e. The van der Waals surface area contributed by atoms with Crippen LogP contribution >= 0.6 is 7.82 Å². The Morgan fingerprint density at radius 3 is 0.783 bits per heavy atom. The summed E-state index contributed by atoms with van der Waals surface area (Å²) in [5, 5.41) is 0. The largest absolute Gasteiger partial charge is 0.469 e. The Kier molecular flexibility index (Phi) is 58.0. The highest BCUT2D eigenvalue weighted by atomic mass is 31.2. The first-order valence-corrected chi connectivity index (χ1v) is 32.9. The molecule has 0 unspecified atom stereocenters. The zero-order chi connectivity index (χ0) is 50.1. The molecule has 69 heavy (non-hydrogen) atoms. The van der Waals surface area contributed by atoms with Crippen molar-refractivity contribution in [3.8, 4) is 0 Å². The Balaban J connectivity index is 3.54. The fourth-order valence-electron chi connectivity index (χ4n) is 10.0. The highest BCUT2D eigenvalue weighted by molar-refractivity contribution is 7.46. The number of unbranched alkanes of at least 4 members (excludes halogenated alkanes) is 51. The third kappa shape index (κ3) is 61.8. The van der Waals surface area contributed by atoms with Crippen LogP contribution in [0.1, 0.15) is 361 Å². The van der Waals surface area contributed by atoms with Gasteiger partial charge in [-0.3, -0.25) is 9.32 Å². The van der Waals surface area contributed by atoms with E-state index in [4.69, 9.17) is 9.47 Å². The second kappa shape index (κ2) is 58.4. The van der Waals surface area contributed by atoms with E-state index >= 15 is 0 Å². The summed E-state index contributed by atoms with van der Waals surface area (Å²) in [6.07, 6.45) is 71.8. The number of rotatable bonds is 61. The number of ether oxygens (including phenoxy) is 2. The minimum absolute atomic E-state index is 0.0878. The molecule has 0 saturated heterocycles. The van der Waals surface area contributed by atoms with Gasteiger partial charge in [-0.25, -0.2) is 4.57 Å². The number of phosphoric acid groups is 1. The molecule has 0 aliphatic heterocycles. The van der Waals surface area contributed by atoms with Gasteiger partial charge in [0.15, 0.2) is 0 Å². The third-order valence-corrected chi connectivity index (χ3v) is 15.1. The molecular weight excluding hydrogens is 876 g/mol. The molecule has 1 atom stereocenters. The van der Waals surface area contributed by atoms with Crippen molar-refractivity contribution in [2.24, 2.45) is 0 Å². The van der Waals surface area contributed by atoms with Crippen LogP contribution in [0.25, 0.3) is 0 Å². The van der Waals surface area contributed by atoms with Crippen molar-refractivity contribution in [2.75, 3.05) is 19.8 Å². The maximum absolute atomic E-state index is 12.5. The van der Waals surface area contributed by atoms with E-state index in [1.807, 2.05) is 0 Å². The summed E-state index contributed by atoms with van der Waals surface area (Å²) >= 11 is 0. The van der Waals surface area contributed by atoms with E-state index in [-0.39, 0.29) is 19.2 Å². The van der Waals surface area contributed by atoms with Gasteiger partial charge in [0.25, 0.3) is 0 Å². The molecule has 7 nitrogen and oxygen atoms in total. The van der Waals surface area contributed by atoms with Gasteiger partial charge in [0.1, 0.15) is 6.10 Å². The van der Waals surface area contributed by atoms with Gasteiger partial charge in [0.2, 0.25) is 0 Å². The lowest BCUT2D eigenvalue weighted by molar-refractivity contribution is -0.154. The van der Waals surface area contributed by atoms with E-state index in [0.717, 1.165) is 32.1 Å². The minimum Gasteiger partial charge on any atom is -0.457 e. The molecule has 0 bridgehead atoms. The summed E-state index contributed by atoms with van der Waals surface area (Å²) in [6.45, 7) is 4.85. The predicted octanol–water partition coefficient (Wildman–Crippen LogP) is 21.1. The van der Waals surface area contributed by atoms with Crippen molar-refractivity contribution in [3.63, 3.8) is 0 Å². The van der Waals surface area contributed by atoms with Gasteiger partial charge in [-0.05, 0) is 12.8 Å². The quantitative estimate of drug-likeness (QED) is 0.0355. The van der Waals surface area contributed by atoms with Crippen molar-refractivity contribution >= 4 is 13.8 Å². The third-order valence-electron chi connectivity index (χ3n) is 14.7. The lowest BCUT2D eigenvalue weighted by atomic mass is 10.0. The van der Waals surface area contributed by atoms with E-state index in [1.54, 1.807) is 0 Å². The molecule has 0 heterocycles. The summed E-state index contributed by atoms with van der Waals surface area (Å²) in [6, 6.07) is 0. The van der Waals surface area contributed by atoms with E-state index in [2.05, 4.69) is 18.4 Å². The summed E-state index contributed by atoms with van der Waals surface area (Å²) in [4.78, 5) is 30.9. The first-order valence-electron chi connectivity index (χ1n) is 31.4. The van der Waals surface area contributed by atoms with E-state index < -0.39 is 13.9 Å². The number of hydrogen-bond acceptors (Lipinski definition) is 5. The fourth-order valence-corrected chi connectivity index (χ4v) is 10.4. The van der Waals surface area contributed by atoms with Gasteiger partial charge in [-0.2, -0.15) is 0 Å². The molecule has 0 saturated carbocycles. The minimum atomic E-state index is -4.66. The average Bonchev–Trinajstić information content (AvgIpc) is 3.33. The summed E-state index contributed by atoms with van der Waals surface area (Å²) in [7, 11) is -4.66. The summed E-state index contributed by atoms with van der Waals surface area (Å²) < 4.78 is 27.3. The molecule has 0 aromatic carbocycles. The maximum Gasteiger partial charge on any atom is 0.469 e. The van der Waals surface area contributed by atoms with Crippen LogP contribution in [0.5, 0.6) is 0 Å². The van der Waals surface area contributed by atoms with Crippen LogP contribution in [0.4, 0.5) is 0 Å². The van der Waals surface area contributed by atoms with Crippen LogP contribution in [0, 0.1) is 0 Å². The molecule has 414 valence electrons. The molecule has 0 aliphatic rings. The van der Waals surface area contributed by atoms with Gasteiger partial charge < -0.3 is 19.3 Å². The Labute approximate surface area is 431 Å². The SMILES string of the molecule is CCCCCCCCCCCCCCCCCCCCCCCCCCCCCCCCCCCC(=O)O[C@H](COCCCCCCCCCCCCCCCCCCCCCC)COP(=O)(O)O. The molecule has 0 aromatic heterocycles. The van der Waals surface area contributed by atoms with E-state index in [0.29, 0.717) is 13.0 Å². The molecule has 2 N–H and O–H groups in total. The second-order valence-electron chi connectivity index (χ2n) is 21.8. The molecular formula is C61H123O7P. The molecule has 0 rings (SSSR count). The topological polar surface area (TPSA) is 102 Å². The fraction of sp³-hybridized carbons (Fsp3) is 0.984. The Bertz CT molecular complexity index is 1020. The number of esters is 1. The number of carbonyl (C=O) groups excluding carboxylic acids is 1. The van der Waals surface area contributed by atoms with Gasteiger partial charge in [0.05, 0.1) is 13.2 Å². The van der Waals surface area contributed by atoms with Gasteiger partial charge in [-0.1, -0.05) is 341 Å². The zero-order valence-corrected chi connectivity index (χ0v) is 47.7. The van der Waals surface area contributed by atoms with Crippen LogP contribution in [0.3, 0.4) is 0 Å². The van der Waals surface area contributed by atoms with E-state index in [1.165, 1.54) is 308 Å². The number of phosphoric ester groups is 1. The van der Waals surface area contributed by atoms with Crippen molar-refractivity contribution in [1.29, 1.82) is 0 Å². The normalized spacial score (nSPS) is 12.3. The molecule has 0 aliphatic carbocycles. The summed E-state index contributed by atoms with van der Waals surface area (Å²) in [5.41, 5.74) is 0. The standard InChI is InChI=1S/C61H123O7P/c1-3-5-7-9-11-13-15-17-19-21-23-25-26-27-28-29-30-31-32-33-34-35-36-37-38-40-42-44-46-48-50-52-54-56-61(62)68-60(59-67-69(63,64)65)58-66-57-55-53-51-49-47-45-43-41-39-24-22-20-18-16-14-12-10-8-6-4-2/h60H,3-59H2,1-2H3,(H2,63,64,65)/t60-/m1/s1. The zero-order valence-electron chi connectivity index (χ0n) is 46.8. The van der Waals surface area contributed by atoms with Crippen molar-refractivity contribution in [1.82, 2.24) is 0 Å². The lowest BCUT2D eigenvalue weighted by Gasteiger charge is -2.18. The molecule has 0 spiro atoms. The highest BCUT2D eigenvalue weighted by Gasteiger charge is 2.21. The monoisotopic (exact) mass is 999 g/mol. The summed E-state index contributed by atoms with van der Waals surface area (Å²) in [5.74, 6) is -0.350. The van der Waals surface area contributed by atoms with Gasteiger partial charge in [-0.15, -0.1) is 0 Å². The molecule has 0 radical (unpaired) electrons. The van der Waals surface area contributed by atoms with Crippen LogP contribution < -0.4 is 0 Å². The van der Waals surface area contributed by atoms with Crippen molar-refractivity contribution in [3.05, 3.63) is 0 Å². The highest BCUT2D eigenvalue weighted by Crippen LogP contribution is 2.36. The average molecular weight is 1000 g/mol. The first kappa shape index (κ1) is 68.5. The predicted molar refractivity (Wildman–Crippen MR) is 299 cm³/mol. The van der Waals surface area contributed by atoms with Crippen LogP contribution in [-0.4, -0.2) is 41.7 Å². The molecule has 0 aromatic rings. The Hall–Kier alpha value is -0.460. The maximum atomic E-state index is 12.5. The van der Waals surface area contributed by atoms with Crippen LogP contribution in [-0.2, 0) is 23.4 Å². The van der Waals surface area contributed by atoms with Gasteiger partial charge >= 0.3 is 13.8 Å². The molecule has 8 heteroatoms. The van der Waals surface area contributed by atoms with E-state index in [9.17, 15) is 19.1 Å². The first-order chi connectivity index (χ1) is 33.9. The lowest BCUT2D eigenvalue weighted by Crippen LogP contribution is -2.28. The number of carbonyl (C=O) groups is 1. The molecule has 0 amide bonds. The van der Waals surface area contributed by atoms with Crippen LogP contribution in [0.15, 0.2) is 0 Å². The Morgan fingerprint density at radius 2 is 0.551 bits per heavy atom. The van der Waals surface area contributed by atoms with Crippen LogP contribution in [0.2, 0.25) is 0 Å². The van der Waals surface area contributed by atoms with Gasteiger partial charge in [0, 0.05) is 13.0 Å².